The molecule has 0 saturated heterocycles. The van der Waals surface area contributed by atoms with E-state index in [0.717, 1.165) is 11.8 Å². The number of nitrogens with one attached hydrogen (secondary N) is 2. The van der Waals surface area contributed by atoms with E-state index >= 15 is 0 Å². The lowest BCUT2D eigenvalue weighted by molar-refractivity contribution is -0.384. The number of ether oxygens (including phenoxy) is 3. The minimum Gasteiger partial charge on any atom is -0.497 e. The van der Waals surface area contributed by atoms with E-state index in [-0.39, 0.29) is 17.1 Å². The van der Waals surface area contributed by atoms with E-state index in [1.807, 2.05) is 0 Å². The molecule has 3 rings (SSSR count). The molecule has 0 atom stereocenters. The Hall–Kier alpha value is -3.80. The third kappa shape index (κ3) is 5.22. The largest absolute Gasteiger partial charge is 0.497 e. The number of thioether (sulfide) groups is 1. The molecule has 2 N–H and O–H groups in total. The van der Waals surface area contributed by atoms with Gasteiger partial charge in [0.25, 0.3) is 5.69 Å². The molecule has 0 fully saturated rings. The summed E-state index contributed by atoms with van der Waals surface area (Å²) in [7, 11) is 4.50. The van der Waals surface area contributed by atoms with Gasteiger partial charge in [-0.3, -0.25) is 20.0 Å². The highest BCUT2D eigenvalue weighted by Crippen LogP contribution is 2.32. The molecule has 0 saturated carbocycles. The maximum atomic E-state index is 12.3. The van der Waals surface area contributed by atoms with E-state index in [9.17, 15) is 14.9 Å². The first-order valence-corrected chi connectivity index (χ1v) is 9.83. The number of carbonyl (C=O) groups excluding carboxylic acids is 1. The van der Waals surface area contributed by atoms with Gasteiger partial charge in [-0.2, -0.15) is 0 Å². The normalized spacial score (nSPS) is 10.4. The second-order valence-electron chi connectivity index (χ2n) is 6.01. The number of methoxy groups -OCH3 is 3. The Morgan fingerprint density at radius 2 is 1.84 bits per heavy atom. The van der Waals surface area contributed by atoms with Crippen LogP contribution in [0.1, 0.15) is 0 Å². The molecular weight excluding hydrogens is 426 g/mol. The van der Waals surface area contributed by atoms with Gasteiger partial charge in [-0.25, -0.2) is 4.98 Å². The molecular formula is C19H19N5O6S. The maximum Gasteiger partial charge on any atom is 0.296 e. The Kier molecular flexibility index (Phi) is 6.92. The molecule has 12 heteroatoms. The van der Waals surface area contributed by atoms with Gasteiger partial charge < -0.3 is 19.5 Å². The van der Waals surface area contributed by atoms with Crippen molar-refractivity contribution in [1.82, 2.24) is 15.2 Å². The van der Waals surface area contributed by atoms with Crippen molar-refractivity contribution >= 4 is 29.0 Å². The lowest BCUT2D eigenvalue weighted by Crippen LogP contribution is -2.15. The Bertz CT molecular complexity index is 1100. The first-order chi connectivity index (χ1) is 14.9. The number of aromatic amines is 1. The third-order valence-electron chi connectivity index (χ3n) is 4.14. The molecule has 0 aliphatic heterocycles. The van der Waals surface area contributed by atoms with Crippen LogP contribution in [0.5, 0.6) is 17.2 Å². The van der Waals surface area contributed by atoms with Gasteiger partial charge in [0, 0.05) is 6.07 Å². The number of carbonyl (C=O) groups is 1. The van der Waals surface area contributed by atoms with Crippen LogP contribution in [0.15, 0.2) is 41.6 Å². The van der Waals surface area contributed by atoms with E-state index < -0.39 is 10.8 Å². The van der Waals surface area contributed by atoms with Crippen LogP contribution >= 0.6 is 11.8 Å². The molecule has 1 heterocycles. The number of nitrogens with zero attached hydrogens (tertiary/aromatic N) is 3. The van der Waals surface area contributed by atoms with Gasteiger partial charge in [0.2, 0.25) is 11.1 Å². The molecule has 1 aromatic heterocycles. The fourth-order valence-corrected chi connectivity index (χ4v) is 3.24. The van der Waals surface area contributed by atoms with Crippen LogP contribution in [-0.4, -0.2) is 53.1 Å². The summed E-state index contributed by atoms with van der Waals surface area (Å²) in [4.78, 5) is 27.3. The molecule has 31 heavy (non-hydrogen) atoms. The lowest BCUT2D eigenvalue weighted by atomic mass is 10.2. The molecule has 0 unspecified atom stereocenters. The van der Waals surface area contributed by atoms with Crippen LogP contribution < -0.4 is 19.5 Å². The monoisotopic (exact) mass is 445 g/mol. The number of nitro benzene ring substituents is 1. The Balaban J connectivity index is 1.66. The number of H-pyrrole nitrogens is 1. The van der Waals surface area contributed by atoms with E-state index in [2.05, 4.69) is 20.5 Å². The Morgan fingerprint density at radius 1 is 1.13 bits per heavy atom. The summed E-state index contributed by atoms with van der Waals surface area (Å²) < 4.78 is 15.5. The first-order valence-electron chi connectivity index (χ1n) is 8.85. The summed E-state index contributed by atoms with van der Waals surface area (Å²) in [5, 5.41) is 21.0. The summed E-state index contributed by atoms with van der Waals surface area (Å²) in [6.07, 6.45) is 0. The quantitative estimate of drug-likeness (QED) is 0.288. The number of hydrogen-bond acceptors (Lipinski definition) is 9. The van der Waals surface area contributed by atoms with Crippen LogP contribution in [0.4, 0.5) is 11.4 Å². The van der Waals surface area contributed by atoms with Gasteiger partial charge in [-0.05, 0) is 24.3 Å². The van der Waals surface area contributed by atoms with Crippen molar-refractivity contribution < 1.29 is 23.9 Å². The van der Waals surface area contributed by atoms with Crippen molar-refractivity contribution in [2.24, 2.45) is 0 Å². The van der Waals surface area contributed by atoms with E-state index in [0.29, 0.717) is 33.8 Å². The summed E-state index contributed by atoms with van der Waals surface area (Å²) in [6.45, 7) is 0. The van der Waals surface area contributed by atoms with Crippen molar-refractivity contribution in [3.8, 4) is 28.6 Å². The molecule has 0 bridgehead atoms. The molecule has 0 aliphatic rings. The summed E-state index contributed by atoms with van der Waals surface area (Å²) >= 11 is 1.08. The second kappa shape index (κ2) is 9.80. The number of hydrogen-bond donors (Lipinski definition) is 2. The van der Waals surface area contributed by atoms with Crippen molar-refractivity contribution in [1.29, 1.82) is 0 Å². The fraction of sp³-hybridized carbons (Fsp3) is 0.211. The lowest BCUT2D eigenvalue weighted by Gasteiger charge is -2.08. The first kappa shape index (κ1) is 21.9. The SMILES string of the molecule is COc1ccc(-c2nc(SCC(=O)Nc3ccc(OC)cc3[N+](=O)[O-])n[nH]2)c(OC)c1. The summed E-state index contributed by atoms with van der Waals surface area (Å²) in [5.41, 5.74) is 0.500. The van der Waals surface area contributed by atoms with E-state index in [4.69, 9.17) is 14.2 Å². The van der Waals surface area contributed by atoms with Gasteiger partial charge in [0.05, 0.1) is 43.6 Å². The predicted molar refractivity (Wildman–Crippen MR) is 114 cm³/mol. The van der Waals surface area contributed by atoms with E-state index in [1.54, 1.807) is 25.3 Å². The van der Waals surface area contributed by atoms with Crippen LogP contribution in [0.25, 0.3) is 11.4 Å². The smallest absolute Gasteiger partial charge is 0.296 e. The summed E-state index contributed by atoms with van der Waals surface area (Å²) in [6, 6.07) is 9.46. The molecule has 0 aliphatic carbocycles. The van der Waals surface area contributed by atoms with Gasteiger partial charge in [-0.15, -0.1) is 5.10 Å². The van der Waals surface area contributed by atoms with Gasteiger partial charge >= 0.3 is 0 Å². The standard InChI is InChI=1S/C19H19N5O6S/c1-28-11-5-7-14(15(8-11)24(26)27)20-17(25)10-31-19-21-18(22-23-19)13-6-4-12(29-2)9-16(13)30-3/h4-9H,10H2,1-3H3,(H,20,25)(H,21,22,23). The highest BCUT2D eigenvalue weighted by molar-refractivity contribution is 7.99. The van der Waals surface area contributed by atoms with Crippen LogP contribution in [-0.2, 0) is 4.79 Å². The van der Waals surface area contributed by atoms with Gasteiger partial charge in [-0.1, -0.05) is 11.8 Å². The zero-order chi connectivity index (χ0) is 22.4. The van der Waals surface area contributed by atoms with Crippen LogP contribution in [0.3, 0.4) is 0 Å². The van der Waals surface area contributed by atoms with Crippen molar-refractivity contribution in [3.05, 3.63) is 46.5 Å². The predicted octanol–water partition coefficient (Wildman–Crippen LogP) is 3.14. The number of rotatable bonds is 9. The van der Waals surface area contributed by atoms with Crippen LogP contribution in [0.2, 0.25) is 0 Å². The molecule has 0 spiro atoms. The average Bonchev–Trinajstić information content (AvgIpc) is 3.26. The average molecular weight is 445 g/mol. The van der Waals surface area contributed by atoms with E-state index in [1.165, 1.54) is 32.4 Å². The molecule has 11 nitrogen and oxygen atoms in total. The van der Waals surface area contributed by atoms with Crippen molar-refractivity contribution in [3.63, 3.8) is 0 Å². The summed E-state index contributed by atoms with van der Waals surface area (Å²) in [5.74, 6) is 1.50. The number of amides is 1. The van der Waals surface area contributed by atoms with Crippen molar-refractivity contribution in [2.75, 3.05) is 32.4 Å². The zero-order valence-corrected chi connectivity index (χ0v) is 17.7. The number of benzene rings is 2. The zero-order valence-electron chi connectivity index (χ0n) is 16.9. The van der Waals surface area contributed by atoms with Gasteiger partial charge in [0.15, 0.2) is 5.82 Å². The van der Waals surface area contributed by atoms with Crippen LogP contribution in [0, 0.1) is 10.1 Å². The molecule has 0 radical (unpaired) electrons. The second-order valence-corrected chi connectivity index (χ2v) is 6.95. The minimum atomic E-state index is -0.588. The van der Waals surface area contributed by atoms with Crippen molar-refractivity contribution in [2.45, 2.75) is 5.16 Å². The highest BCUT2D eigenvalue weighted by atomic mass is 32.2. The maximum absolute atomic E-state index is 12.3. The number of anilines is 1. The Morgan fingerprint density at radius 3 is 2.52 bits per heavy atom. The molecule has 3 aromatic rings. The topological polar surface area (TPSA) is 142 Å². The third-order valence-corrected chi connectivity index (χ3v) is 4.98. The van der Waals surface area contributed by atoms with Gasteiger partial charge in [0.1, 0.15) is 22.9 Å². The Labute approximate surface area is 181 Å². The highest BCUT2D eigenvalue weighted by Gasteiger charge is 2.18. The number of aromatic nitrogens is 3. The minimum absolute atomic E-state index is 0.0414. The molecule has 162 valence electrons. The fourth-order valence-electron chi connectivity index (χ4n) is 2.64. The molecule has 2 aromatic carbocycles. The molecule has 1 amide bonds. The number of nitro groups is 1.